The zero-order valence-corrected chi connectivity index (χ0v) is 16.2. The first-order chi connectivity index (χ1) is 13.5. The van der Waals surface area contributed by atoms with Crippen LogP contribution in [-0.2, 0) is 15.9 Å². The van der Waals surface area contributed by atoms with Gasteiger partial charge >= 0.3 is 6.03 Å². The molecule has 0 spiro atoms. The van der Waals surface area contributed by atoms with Crippen LogP contribution in [0.15, 0.2) is 48.5 Å². The first kappa shape index (κ1) is 21.8. The van der Waals surface area contributed by atoms with E-state index in [0.717, 1.165) is 17.7 Å². The van der Waals surface area contributed by atoms with Crippen LogP contribution < -0.4 is 5.32 Å². The minimum absolute atomic E-state index is 0.0829. The molecule has 0 bridgehead atoms. The lowest BCUT2D eigenvalue weighted by atomic mass is 10.1. The number of halogens is 2. The molecular formula is C21H26F2N2O3. The molecule has 0 atom stereocenters. The number of nitrogens with zero attached hydrogens (tertiary/aromatic N) is 1. The van der Waals surface area contributed by atoms with Crippen LogP contribution in [0.4, 0.5) is 19.3 Å². The number of hydrogen-bond donors (Lipinski definition) is 1. The Morgan fingerprint density at radius 1 is 1.07 bits per heavy atom. The summed E-state index contributed by atoms with van der Waals surface area (Å²) in [4.78, 5) is 14.3. The average Bonchev–Trinajstić information content (AvgIpc) is 2.68. The molecule has 152 valence electrons. The molecule has 0 aliphatic rings. The minimum atomic E-state index is -0.831. The van der Waals surface area contributed by atoms with E-state index in [1.165, 1.54) is 11.0 Å². The Morgan fingerprint density at radius 3 is 2.36 bits per heavy atom. The fraction of sp³-hybridized carbons (Fsp3) is 0.381. The SMILES string of the molecule is CCOC(CN(CCc1ccccc1)C(=O)Nc1ccc(F)cc1F)OCC. The summed E-state index contributed by atoms with van der Waals surface area (Å²) < 4.78 is 38.1. The van der Waals surface area contributed by atoms with Crippen molar-refractivity contribution in [2.75, 3.05) is 31.6 Å². The number of urea groups is 1. The Hall–Kier alpha value is -2.51. The molecule has 0 heterocycles. The van der Waals surface area contributed by atoms with E-state index in [1.54, 1.807) is 0 Å². The highest BCUT2D eigenvalue weighted by Crippen LogP contribution is 2.16. The Bertz CT molecular complexity index is 738. The second kappa shape index (κ2) is 11.4. The van der Waals surface area contributed by atoms with E-state index in [9.17, 15) is 13.6 Å². The lowest BCUT2D eigenvalue weighted by Crippen LogP contribution is -2.43. The molecule has 7 heteroatoms. The van der Waals surface area contributed by atoms with E-state index < -0.39 is 24.0 Å². The number of carbonyl (C=O) groups excluding carboxylic acids is 1. The van der Waals surface area contributed by atoms with Crippen molar-refractivity contribution in [1.29, 1.82) is 0 Å². The van der Waals surface area contributed by atoms with Crippen LogP contribution in [0.1, 0.15) is 19.4 Å². The van der Waals surface area contributed by atoms with Gasteiger partial charge < -0.3 is 19.7 Å². The zero-order valence-electron chi connectivity index (χ0n) is 16.2. The molecule has 0 aliphatic heterocycles. The smallest absolute Gasteiger partial charge is 0.322 e. The quantitative estimate of drug-likeness (QED) is 0.608. The van der Waals surface area contributed by atoms with Gasteiger partial charge in [0.2, 0.25) is 0 Å². The Morgan fingerprint density at radius 2 is 1.75 bits per heavy atom. The van der Waals surface area contributed by atoms with Crippen LogP contribution in [-0.4, -0.2) is 43.5 Å². The van der Waals surface area contributed by atoms with Crippen molar-refractivity contribution in [2.45, 2.75) is 26.6 Å². The van der Waals surface area contributed by atoms with Gasteiger partial charge in [0, 0.05) is 25.8 Å². The predicted molar refractivity (Wildman–Crippen MR) is 104 cm³/mol. The summed E-state index contributed by atoms with van der Waals surface area (Å²) in [5, 5.41) is 2.50. The van der Waals surface area contributed by atoms with Gasteiger partial charge in [-0.05, 0) is 38.0 Å². The van der Waals surface area contributed by atoms with Crippen molar-refractivity contribution < 1.29 is 23.0 Å². The Balaban J connectivity index is 2.11. The van der Waals surface area contributed by atoms with Gasteiger partial charge in [0.05, 0.1) is 12.2 Å². The number of nitrogens with one attached hydrogen (secondary N) is 1. The predicted octanol–water partition coefficient (Wildman–Crippen LogP) is 4.44. The number of carbonyl (C=O) groups is 1. The van der Waals surface area contributed by atoms with E-state index >= 15 is 0 Å². The summed E-state index contributed by atoms with van der Waals surface area (Å²) in [6.45, 7) is 5.12. The summed E-state index contributed by atoms with van der Waals surface area (Å²) in [6.07, 6.45) is 0.0279. The molecule has 0 fully saturated rings. The van der Waals surface area contributed by atoms with E-state index in [1.807, 2.05) is 44.2 Å². The summed E-state index contributed by atoms with van der Waals surface area (Å²) >= 11 is 0. The number of benzene rings is 2. The van der Waals surface area contributed by atoms with Crippen LogP contribution >= 0.6 is 0 Å². The highest BCUT2D eigenvalue weighted by atomic mass is 19.1. The maximum absolute atomic E-state index is 13.9. The van der Waals surface area contributed by atoms with Crippen molar-refractivity contribution in [3.63, 3.8) is 0 Å². The molecule has 0 radical (unpaired) electrons. The second-order valence-corrected chi connectivity index (χ2v) is 6.08. The van der Waals surface area contributed by atoms with Crippen molar-refractivity contribution >= 4 is 11.7 Å². The molecule has 2 aromatic rings. The number of rotatable bonds is 10. The molecule has 2 rings (SSSR count). The van der Waals surface area contributed by atoms with E-state index in [0.29, 0.717) is 26.2 Å². The monoisotopic (exact) mass is 392 g/mol. The van der Waals surface area contributed by atoms with Crippen LogP contribution in [0.5, 0.6) is 0 Å². The largest absolute Gasteiger partial charge is 0.351 e. The summed E-state index contributed by atoms with van der Waals surface area (Å²) in [7, 11) is 0. The van der Waals surface area contributed by atoms with Crippen molar-refractivity contribution in [3.8, 4) is 0 Å². The number of ether oxygens (including phenoxy) is 2. The van der Waals surface area contributed by atoms with E-state index in [-0.39, 0.29) is 12.2 Å². The third-order valence-electron chi connectivity index (χ3n) is 4.05. The molecular weight excluding hydrogens is 366 g/mol. The Labute approximate surface area is 164 Å². The summed E-state index contributed by atoms with van der Waals surface area (Å²) in [5.41, 5.74) is 0.984. The molecule has 5 nitrogen and oxygen atoms in total. The molecule has 28 heavy (non-hydrogen) atoms. The van der Waals surface area contributed by atoms with Gasteiger partial charge in [-0.3, -0.25) is 0 Å². The van der Waals surface area contributed by atoms with E-state index in [2.05, 4.69) is 5.32 Å². The minimum Gasteiger partial charge on any atom is -0.351 e. The first-order valence-electron chi connectivity index (χ1n) is 9.31. The van der Waals surface area contributed by atoms with Gasteiger partial charge in [0.15, 0.2) is 6.29 Å². The van der Waals surface area contributed by atoms with Gasteiger partial charge in [-0.1, -0.05) is 30.3 Å². The standard InChI is InChI=1S/C21H26F2N2O3/c1-3-27-20(28-4-2)15-25(13-12-16-8-6-5-7-9-16)21(26)24-19-11-10-17(22)14-18(19)23/h5-11,14,20H,3-4,12-13,15H2,1-2H3,(H,24,26). The van der Waals surface area contributed by atoms with Gasteiger partial charge in [-0.25, -0.2) is 13.6 Å². The molecule has 0 saturated carbocycles. The second-order valence-electron chi connectivity index (χ2n) is 6.08. The van der Waals surface area contributed by atoms with Crippen LogP contribution in [0.25, 0.3) is 0 Å². The molecule has 0 unspecified atom stereocenters. The fourth-order valence-electron chi connectivity index (χ4n) is 2.67. The maximum atomic E-state index is 13.9. The highest BCUT2D eigenvalue weighted by molar-refractivity contribution is 5.89. The molecule has 0 saturated heterocycles. The molecule has 2 amide bonds. The van der Waals surface area contributed by atoms with E-state index in [4.69, 9.17) is 9.47 Å². The highest BCUT2D eigenvalue weighted by Gasteiger charge is 2.21. The lowest BCUT2D eigenvalue weighted by Gasteiger charge is -2.27. The molecule has 0 aliphatic carbocycles. The lowest BCUT2D eigenvalue weighted by molar-refractivity contribution is -0.142. The van der Waals surface area contributed by atoms with Crippen molar-refractivity contribution in [3.05, 3.63) is 65.7 Å². The summed E-state index contributed by atoms with van der Waals surface area (Å²) in [5.74, 6) is -1.54. The van der Waals surface area contributed by atoms with Crippen LogP contribution in [0.3, 0.4) is 0 Å². The third-order valence-corrected chi connectivity index (χ3v) is 4.05. The number of hydrogen-bond acceptors (Lipinski definition) is 3. The average molecular weight is 392 g/mol. The van der Waals surface area contributed by atoms with Gasteiger partial charge in [-0.2, -0.15) is 0 Å². The van der Waals surface area contributed by atoms with Crippen molar-refractivity contribution in [2.24, 2.45) is 0 Å². The Kier molecular flexibility index (Phi) is 8.84. The summed E-state index contributed by atoms with van der Waals surface area (Å²) in [6, 6.07) is 12.2. The van der Waals surface area contributed by atoms with Crippen LogP contribution in [0.2, 0.25) is 0 Å². The topological polar surface area (TPSA) is 50.8 Å². The fourth-order valence-corrected chi connectivity index (χ4v) is 2.67. The number of amides is 2. The maximum Gasteiger partial charge on any atom is 0.322 e. The van der Waals surface area contributed by atoms with Crippen LogP contribution in [0, 0.1) is 11.6 Å². The normalized spacial score (nSPS) is 10.9. The molecule has 0 aromatic heterocycles. The van der Waals surface area contributed by atoms with Gasteiger partial charge in [0.1, 0.15) is 11.6 Å². The van der Waals surface area contributed by atoms with Crippen molar-refractivity contribution in [1.82, 2.24) is 4.90 Å². The zero-order chi connectivity index (χ0) is 20.4. The molecule has 2 aromatic carbocycles. The first-order valence-corrected chi connectivity index (χ1v) is 9.31. The molecule has 1 N–H and O–H groups in total. The van der Waals surface area contributed by atoms with Gasteiger partial charge in [0.25, 0.3) is 0 Å². The van der Waals surface area contributed by atoms with Gasteiger partial charge in [-0.15, -0.1) is 0 Å². The number of anilines is 1. The third kappa shape index (κ3) is 6.90.